The van der Waals surface area contributed by atoms with E-state index in [0.717, 1.165) is 31.6 Å². The summed E-state index contributed by atoms with van der Waals surface area (Å²) in [5.41, 5.74) is 0.885. The van der Waals surface area contributed by atoms with Crippen molar-refractivity contribution in [3.63, 3.8) is 0 Å². The van der Waals surface area contributed by atoms with Crippen LogP contribution in [-0.4, -0.2) is 30.7 Å². The number of rotatable bonds is 8. The second kappa shape index (κ2) is 7.83. The van der Waals surface area contributed by atoms with Crippen LogP contribution in [0.25, 0.3) is 0 Å². The summed E-state index contributed by atoms with van der Waals surface area (Å²) in [6.45, 7) is 4.42. The Bertz CT molecular complexity index is 473. The normalized spacial score (nSPS) is 17.7. The SMILES string of the molecule is CCCOc1cc(NCC[C@@H]2CCCN2)ccc1[N+](=O)[O-]. The molecular weight excluding hydrogens is 270 g/mol. The number of anilines is 1. The Hall–Kier alpha value is -1.82. The van der Waals surface area contributed by atoms with Gasteiger partial charge in [0.05, 0.1) is 11.5 Å². The van der Waals surface area contributed by atoms with E-state index in [-0.39, 0.29) is 5.69 Å². The summed E-state index contributed by atoms with van der Waals surface area (Å²) in [6.07, 6.45) is 4.36. The van der Waals surface area contributed by atoms with Crippen LogP contribution in [0.4, 0.5) is 11.4 Å². The first-order valence-electron chi connectivity index (χ1n) is 7.59. The lowest BCUT2D eigenvalue weighted by atomic mass is 10.1. The molecule has 0 bridgehead atoms. The Kier molecular flexibility index (Phi) is 5.80. The topological polar surface area (TPSA) is 76.4 Å². The van der Waals surface area contributed by atoms with Crippen molar-refractivity contribution < 1.29 is 9.66 Å². The molecule has 6 heteroatoms. The van der Waals surface area contributed by atoms with Crippen molar-refractivity contribution in [3.8, 4) is 5.75 Å². The molecule has 0 aliphatic carbocycles. The average molecular weight is 293 g/mol. The first-order chi connectivity index (χ1) is 10.2. The molecule has 0 aromatic heterocycles. The van der Waals surface area contributed by atoms with Gasteiger partial charge in [0, 0.05) is 30.4 Å². The lowest BCUT2D eigenvalue weighted by Gasteiger charge is -2.13. The van der Waals surface area contributed by atoms with Crippen LogP contribution < -0.4 is 15.4 Å². The molecule has 0 spiro atoms. The van der Waals surface area contributed by atoms with Crippen molar-refractivity contribution in [2.24, 2.45) is 0 Å². The summed E-state index contributed by atoms with van der Waals surface area (Å²) in [5.74, 6) is 0.339. The van der Waals surface area contributed by atoms with Crippen molar-refractivity contribution in [3.05, 3.63) is 28.3 Å². The van der Waals surface area contributed by atoms with E-state index in [1.165, 1.54) is 18.9 Å². The Balaban J connectivity index is 1.93. The van der Waals surface area contributed by atoms with Crippen LogP contribution in [0.2, 0.25) is 0 Å². The quantitative estimate of drug-likeness (QED) is 0.569. The van der Waals surface area contributed by atoms with Gasteiger partial charge in [-0.1, -0.05) is 6.92 Å². The van der Waals surface area contributed by atoms with Gasteiger partial charge < -0.3 is 15.4 Å². The van der Waals surface area contributed by atoms with Gasteiger partial charge in [0.15, 0.2) is 5.75 Å². The molecule has 1 saturated heterocycles. The van der Waals surface area contributed by atoms with E-state index in [9.17, 15) is 10.1 Å². The molecule has 1 fully saturated rings. The zero-order chi connectivity index (χ0) is 15.1. The maximum Gasteiger partial charge on any atom is 0.311 e. The molecule has 6 nitrogen and oxygen atoms in total. The fraction of sp³-hybridized carbons (Fsp3) is 0.600. The number of ether oxygens (including phenoxy) is 1. The number of benzene rings is 1. The molecule has 0 unspecified atom stereocenters. The number of hydrogen-bond donors (Lipinski definition) is 2. The third-order valence-electron chi connectivity index (χ3n) is 3.60. The van der Waals surface area contributed by atoms with Gasteiger partial charge >= 0.3 is 5.69 Å². The zero-order valence-electron chi connectivity index (χ0n) is 12.4. The second-order valence-electron chi connectivity index (χ2n) is 5.30. The van der Waals surface area contributed by atoms with Crippen LogP contribution in [0.3, 0.4) is 0 Å². The smallest absolute Gasteiger partial charge is 0.311 e. The van der Waals surface area contributed by atoms with E-state index in [0.29, 0.717) is 18.4 Å². The molecule has 2 N–H and O–H groups in total. The molecule has 2 rings (SSSR count). The van der Waals surface area contributed by atoms with Gasteiger partial charge in [-0.3, -0.25) is 10.1 Å². The molecule has 0 saturated carbocycles. The summed E-state index contributed by atoms with van der Waals surface area (Å²) in [4.78, 5) is 10.6. The van der Waals surface area contributed by atoms with Crippen LogP contribution in [0.15, 0.2) is 18.2 Å². The van der Waals surface area contributed by atoms with Gasteiger partial charge in [-0.05, 0) is 38.3 Å². The maximum atomic E-state index is 11.0. The van der Waals surface area contributed by atoms with E-state index in [1.807, 2.05) is 6.92 Å². The van der Waals surface area contributed by atoms with Gasteiger partial charge in [0.1, 0.15) is 0 Å². The van der Waals surface area contributed by atoms with Crippen LogP contribution in [0, 0.1) is 10.1 Å². The summed E-state index contributed by atoms with van der Waals surface area (Å²) in [6, 6.07) is 5.54. The number of nitrogens with zero attached hydrogens (tertiary/aromatic N) is 1. The lowest BCUT2D eigenvalue weighted by molar-refractivity contribution is -0.385. The highest BCUT2D eigenvalue weighted by molar-refractivity contribution is 5.58. The van der Waals surface area contributed by atoms with Crippen molar-refractivity contribution in [2.45, 2.75) is 38.6 Å². The minimum atomic E-state index is -0.406. The molecule has 0 radical (unpaired) electrons. The monoisotopic (exact) mass is 293 g/mol. The van der Waals surface area contributed by atoms with Crippen LogP contribution in [0.5, 0.6) is 5.75 Å². The zero-order valence-corrected chi connectivity index (χ0v) is 12.4. The van der Waals surface area contributed by atoms with Gasteiger partial charge in [-0.15, -0.1) is 0 Å². The van der Waals surface area contributed by atoms with Gasteiger partial charge in [-0.25, -0.2) is 0 Å². The summed E-state index contributed by atoms with van der Waals surface area (Å²) >= 11 is 0. The third kappa shape index (κ3) is 4.60. The number of nitro benzene ring substituents is 1. The Morgan fingerprint density at radius 2 is 2.38 bits per heavy atom. The van der Waals surface area contributed by atoms with Crippen LogP contribution >= 0.6 is 0 Å². The minimum Gasteiger partial charge on any atom is -0.487 e. The molecular formula is C15H23N3O3. The molecule has 1 aromatic carbocycles. The fourth-order valence-corrected chi connectivity index (χ4v) is 2.50. The molecule has 1 aliphatic rings. The molecule has 21 heavy (non-hydrogen) atoms. The highest BCUT2D eigenvalue weighted by Crippen LogP contribution is 2.30. The number of hydrogen-bond acceptors (Lipinski definition) is 5. The minimum absolute atomic E-state index is 0.0199. The van der Waals surface area contributed by atoms with Gasteiger partial charge in [-0.2, -0.15) is 0 Å². The van der Waals surface area contributed by atoms with E-state index >= 15 is 0 Å². The largest absolute Gasteiger partial charge is 0.487 e. The molecule has 1 aromatic rings. The Morgan fingerprint density at radius 3 is 3.05 bits per heavy atom. The van der Waals surface area contributed by atoms with Crippen molar-refractivity contribution in [1.29, 1.82) is 0 Å². The van der Waals surface area contributed by atoms with Crippen molar-refractivity contribution in [2.75, 3.05) is 25.0 Å². The highest BCUT2D eigenvalue weighted by atomic mass is 16.6. The van der Waals surface area contributed by atoms with E-state index < -0.39 is 4.92 Å². The second-order valence-corrected chi connectivity index (χ2v) is 5.30. The predicted molar refractivity (Wildman–Crippen MR) is 83.0 cm³/mol. The van der Waals surface area contributed by atoms with Crippen LogP contribution in [-0.2, 0) is 0 Å². The van der Waals surface area contributed by atoms with E-state index in [2.05, 4.69) is 10.6 Å². The summed E-state index contributed by atoms with van der Waals surface area (Å²) < 4.78 is 5.47. The lowest BCUT2D eigenvalue weighted by Crippen LogP contribution is -2.24. The number of nitrogens with one attached hydrogen (secondary N) is 2. The maximum absolute atomic E-state index is 11.0. The van der Waals surface area contributed by atoms with Gasteiger partial charge in [0.25, 0.3) is 0 Å². The van der Waals surface area contributed by atoms with Gasteiger partial charge in [0.2, 0.25) is 0 Å². The Labute approximate surface area is 125 Å². The van der Waals surface area contributed by atoms with E-state index in [1.54, 1.807) is 12.1 Å². The molecule has 116 valence electrons. The Morgan fingerprint density at radius 1 is 1.52 bits per heavy atom. The molecule has 1 heterocycles. The molecule has 0 amide bonds. The average Bonchev–Trinajstić information content (AvgIpc) is 2.98. The third-order valence-corrected chi connectivity index (χ3v) is 3.60. The molecule has 1 aliphatic heterocycles. The summed E-state index contributed by atoms with van der Waals surface area (Å²) in [5, 5.41) is 17.7. The standard InChI is InChI=1S/C15H23N3O3/c1-2-10-21-15-11-13(5-6-14(15)18(19)20)17-9-7-12-4-3-8-16-12/h5-6,11-12,16-17H,2-4,7-10H2,1H3/t12-/m0/s1. The first-order valence-corrected chi connectivity index (χ1v) is 7.59. The predicted octanol–water partition coefficient (Wildman–Crippen LogP) is 2.94. The van der Waals surface area contributed by atoms with Crippen molar-refractivity contribution >= 4 is 11.4 Å². The van der Waals surface area contributed by atoms with Crippen molar-refractivity contribution in [1.82, 2.24) is 5.32 Å². The highest BCUT2D eigenvalue weighted by Gasteiger charge is 2.16. The first kappa shape index (κ1) is 15.6. The van der Waals surface area contributed by atoms with E-state index in [4.69, 9.17) is 4.74 Å². The molecule has 1 atom stereocenters. The number of nitro groups is 1. The van der Waals surface area contributed by atoms with Crippen LogP contribution in [0.1, 0.15) is 32.6 Å². The summed E-state index contributed by atoms with van der Waals surface area (Å²) in [7, 11) is 0. The fourth-order valence-electron chi connectivity index (χ4n) is 2.50.